The van der Waals surface area contributed by atoms with E-state index in [1.807, 2.05) is 0 Å². The first-order valence-corrected chi connectivity index (χ1v) is 8.02. The van der Waals surface area contributed by atoms with Crippen molar-refractivity contribution in [3.63, 3.8) is 0 Å². The van der Waals surface area contributed by atoms with Gasteiger partial charge in [0.25, 0.3) is 0 Å². The van der Waals surface area contributed by atoms with Crippen LogP contribution in [0.5, 0.6) is 0 Å². The third-order valence-electron chi connectivity index (χ3n) is 4.36. The highest BCUT2D eigenvalue weighted by molar-refractivity contribution is 5.28. The number of hydrogen-bond donors (Lipinski definition) is 1. The van der Waals surface area contributed by atoms with Crippen LogP contribution in [0.25, 0.3) is 0 Å². The predicted molar refractivity (Wildman–Crippen MR) is 80.3 cm³/mol. The van der Waals surface area contributed by atoms with E-state index < -0.39 is 0 Å². The van der Waals surface area contributed by atoms with Crippen LogP contribution in [-0.2, 0) is 25.8 Å². The Kier molecular flexibility index (Phi) is 5.03. The van der Waals surface area contributed by atoms with E-state index in [0.29, 0.717) is 0 Å². The molecule has 1 aliphatic carbocycles. The van der Waals surface area contributed by atoms with Gasteiger partial charge in [-0.25, -0.2) is 0 Å². The van der Waals surface area contributed by atoms with E-state index in [9.17, 15) is 0 Å². The summed E-state index contributed by atoms with van der Waals surface area (Å²) < 4.78 is 2.27. The molecule has 1 fully saturated rings. The molecule has 3 nitrogen and oxygen atoms in total. The van der Waals surface area contributed by atoms with Gasteiger partial charge in [-0.05, 0) is 43.6 Å². The van der Waals surface area contributed by atoms with E-state index in [2.05, 4.69) is 25.5 Å². The molecule has 0 amide bonds. The quantitative estimate of drug-likeness (QED) is 0.783. The molecule has 1 heterocycles. The molecule has 0 aromatic carbocycles. The van der Waals surface area contributed by atoms with Crippen LogP contribution in [0.2, 0.25) is 0 Å². The van der Waals surface area contributed by atoms with Crippen molar-refractivity contribution in [2.24, 2.45) is 11.7 Å². The monoisotopic (exact) mass is 263 g/mol. The zero-order chi connectivity index (χ0) is 13.8. The molecule has 108 valence electrons. The van der Waals surface area contributed by atoms with Gasteiger partial charge in [0.15, 0.2) is 0 Å². The third kappa shape index (κ3) is 3.59. The standard InChI is InChI=1S/C16H29N3/c1-4-13(17)11-14-15(5-2)18-19(16(14)6-3)10-9-12-7-8-12/h12-13H,4-11,17H2,1-3H3. The molecule has 2 N–H and O–H groups in total. The van der Waals surface area contributed by atoms with Crippen LogP contribution in [0.1, 0.15) is 63.4 Å². The topological polar surface area (TPSA) is 43.8 Å². The minimum absolute atomic E-state index is 0.275. The number of nitrogens with two attached hydrogens (primary N) is 1. The Balaban J connectivity index is 2.17. The molecule has 1 atom stereocenters. The fourth-order valence-corrected chi connectivity index (χ4v) is 2.81. The highest BCUT2D eigenvalue weighted by Gasteiger charge is 2.23. The fourth-order valence-electron chi connectivity index (χ4n) is 2.81. The van der Waals surface area contributed by atoms with Crippen LogP contribution < -0.4 is 5.73 Å². The van der Waals surface area contributed by atoms with E-state index in [4.69, 9.17) is 10.8 Å². The summed E-state index contributed by atoms with van der Waals surface area (Å²) in [5.74, 6) is 0.973. The highest BCUT2D eigenvalue weighted by atomic mass is 15.3. The lowest BCUT2D eigenvalue weighted by Crippen LogP contribution is -2.22. The fraction of sp³-hybridized carbons (Fsp3) is 0.812. The van der Waals surface area contributed by atoms with Crippen LogP contribution >= 0.6 is 0 Å². The summed E-state index contributed by atoms with van der Waals surface area (Å²) in [5.41, 5.74) is 10.3. The molecule has 0 aliphatic heterocycles. The highest BCUT2D eigenvalue weighted by Crippen LogP contribution is 2.33. The Labute approximate surface area is 117 Å². The second-order valence-electron chi connectivity index (χ2n) is 5.91. The first kappa shape index (κ1) is 14.6. The third-order valence-corrected chi connectivity index (χ3v) is 4.36. The van der Waals surface area contributed by atoms with Crippen molar-refractivity contribution in [3.8, 4) is 0 Å². The summed E-state index contributed by atoms with van der Waals surface area (Å²) in [6, 6.07) is 0.275. The summed E-state index contributed by atoms with van der Waals surface area (Å²) in [6.07, 6.45) is 8.29. The normalized spacial score (nSPS) is 16.8. The van der Waals surface area contributed by atoms with Gasteiger partial charge < -0.3 is 5.73 Å². The molecule has 19 heavy (non-hydrogen) atoms. The number of aromatic nitrogens is 2. The maximum atomic E-state index is 6.16. The Morgan fingerprint density at radius 3 is 2.53 bits per heavy atom. The molecule has 0 bridgehead atoms. The van der Waals surface area contributed by atoms with Crippen LogP contribution in [0.4, 0.5) is 0 Å². The smallest absolute Gasteiger partial charge is 0.0657 e. The lowest BCUT2D eigenvalue weighted by molar-refractivity contribution is 0.524. The van der Waals surface area contributed by atoms with Crippen LogP contribution in [-0.4, -0.2) is 15.8 Å². The average molecular weight is 263 g/mol. The van der Waals surface area contributed by atoms with Gasteiger partial charge in [-0.3, -0.25) is 4.68 Å². The van der Waals surface area contributed by atoms with Crippen LogP contribution in [0, 0.1) is 5.92 Å². The molecule has 2 rings (SSSR count). The molecular weight excluding hydrogens is 234 g/mol. The molecule has 1 aromatic rings. The van der Waals surface area contributed by atoms with Gasteiger partial charge in [0.1, 0.15) is 0 Å². The van der Waals surface area contributed by atoms with Gasteiger partial charge in [0.2, 0.25) is 0 Å². The Hall–Kier alpha value is -0.830. The Morgan fingerprint density at radius 1 is 1.26 bits per heavy atom. The minimum Gasteiger partial charge on any atom is -0.327 e. The maximum absolute atomic E-state index is 6.16. The van der Waals surface area contributed by atoms with E-state index in [1.165, 1.54) is 36.2 Å². The maximum Gasteiger partial charge on any atom is 0.0657 e. The predicted octanol–water partition coefficient (Wildman–Crippen LogP) is 3.09. The van der Waals surface area contributed by atoms with Crippen molar-refractivity contribution in [2.45, 2.75) is 78.3 Å². The summed E-state index contributed by atoms with van der Waals surface area (Å²) >= 11 is 0. The molecule has 0 radical (unpaired) electrons. The number of rotatable bonds is 8. The molecule has 0 spiro atoms. The summed E-state index contributed by atoms with van der Waals surface area (Å²) in [6.45, 7) is 7.71. The molecule has 1 aliphatic rings. The molecular formula is C16H29N3. The van der Waals surface area contributed by atoms with Crippen LogP contribution in [0.3, 0.4) is 0 Å². The number of aryl methyl sites for hydroxylation is 2. The minimum atomic E-state index is 0.275. The second kappa shape index (κ2) is 6.56. The Bertz CT molecular complexity index is 404. The Morgan fingerprint density at radius 2 is 2.00 bits per heavy atom. The lowest BCUT2D eigenvalue weighted by atomic mass is 10.00. The average Bonchev–Trinajstić information content (AvgIpc) is 3.19. The zero-order valence-electron chi connectivity index (χ0n) is 12.8. The lowest BCUT2D eigenvalue weighted by Gasteiger charge is -2.11. The van der Waals surface area contributed by atoms with Gasteiger partial charge >= 0.3 is 0 Å². The second-order valence-corrected chi connectivity index (χ2v) is 5.91. The van der Waals surface area contributed by atoms with Gasteiger partial charge in [0, 0.05) is 18.3 Å². The SMILES string of the molecule is CCc1nn(CCC2CC2)c(CC)c1CC(N)CC. The largest absolute Gasteiger partial charge is 0.327 e. The molecule has 3 heteroatoms. The number of hydrogen-bond acceptors (Lipinski definition) is 2. The molecule has 1 unspecified atom stereocenters. The van der Waals surface area contributed by atoms with E-state index in [-0.39, 0.29) is 6.04 Å². The van der Waals surface area contributed by atoms with E-state index >= 15 is 0 Å². The zero-order valence-corrected chi connectivity index (χ0v) is 12.8. The molecule has 0 saturated heterocycles. The van der Waals surface area contributed by atoms with Crippen molar-refractivity contribution in [2.75, 3.05) is 0 Å². The van der Waals surface area contributed by atoms with Crippen molar-refractivity contribution >= 4 is 0 Å². The van der Waals surface area contributed by atoms with Gasteiger partial charge in [-0.2, -0.15) is 5.10 Å². The molecule has 1 aromatic heterocycles. The van der Waals surface area contributed by atoms with Gasteiger partial charge in [0.05, 0.1) is 5.69 Å². The molecule has 1 saturated carbocycles. The van der Waals surface area contributed by atoms with Gasteiger partial charge in [-0.15, -0.1) is 0 Å². The van der Waals surface area contributed by atoms with E-state index in [0.717, 1.165) is 38.1 Å². The first-order valence-electron chi connectivity index (χ1n) is 8.02. The van der Waals surface area contributed by atoms with Crippen molar-refractivity contribution < 1.29 is 0 Å². The van der Waals surface area contributed by atoms with Crippen LogP contribution in [0.15, 0.2) is 0 Å². The first-order chi connectivity index (χ1) is 9.19. The summed E-state index contributed by atoms with van der Waals surface area (Å²) in [7, 11) is 0. The van der Waals surface area contributed by atoms with Crippen molar-refractivity contribution in [3.05, 3.63) is 17.0 Å². The van der Waals surface area contributed by atoms with Crippen molar-refractivity contribution in [1.29, 1.82) is 0 Å². The number of nitrogens with zero attached hydrogens (tertiary/aromatic N) is 2. The van der Waals surface area contributed by atoms with Crippen molar-refractivity contribution in [1.82, 2.24) is 9.78 Å². The van der Waals surface area contributed by atoms with Gasteiger partial charge in [-0.1, -0.05) is 33.6 Å². The summed E-state index contributed by atoms with van der Waals surface area (Å²) in [4.78, 5) is 0. The summed E-state index contributed by atoms with van der Waals surface area (Å²) in [5, 5.41) is 4.85. The van der Waals surface area contributed by atoms with E-state index in [1.54, 1.807) is 0 Å².